The van der Waals surface area contributed by atoms with Crippen LogP contribution in [0.3, 0.4) is 0 Å². The quantitative estimate of drug-likeness (QED) is 0.874. The van der Waals surface area contributed by atoms with E-state index < -0.39 is 18.0 Å². The van der Waals surface area contributed by atoms with Crippen molar-refractivity contribution < 1.29 is 19.4 Å². The fourth-order valence-corrected chi connectivity index (χ4v) is 2.58. The molecule has 0 aromatic heterocycles. The number of nitrogens with zero attached hydrogens (tertiary/aromatic N) is 1. The summed E-state index contributed by atoms with van der Waals surface area (Å²) in [7, 11) is 0. The van der Waals surface area contributed by atoms with Crippen molar-refractivity contribution in [3.05, 3.63) is 28.7 Å². The van der Waals surface area contributed by atoms with Crippen LogP contribution in [0.15, 0.2) is 28.7 Å². The maximum atomic E-state index is 12.2. The van der Waals surface area contributed by atoms with Crippen LogP contribution in [0.25, 0.3) is 0 Å². The second-order valence-corrected chi connectivity index (χ2v) is 5.65. The van der Waals surface area contributed by atoms with Crippen LogP contribution in [0.1, 0.15) is 13.3 Å². The minimum absolute atomic E-state index is 0. The van der Waals surface area contributed by atoms with Crippen LogP contribution in [-0.2, 0) is 9.59 Å². The van der Waals surface area contributed by atoms with Crippen molar-refractivity contribution in [3.8, 4) is 5.75 Å². The van der Waals surface area contributed by atoms with Gasteiger partial charge in [-0.3, -0.25) is 9.59 Å². The highest BCUT2D eigenvalue weighted by Crippen LogP contribution is 2.26. The average molecular weight is 379 g/mol. The molecule has 0 aliphatic carbocycles. The Balaban J connectivity index is 0.00000220. The number of carboxylic acid groups (broad SMARTS) is 1. The van der Waals surface area contributed by atoms with Gasteiger partial charge in [-0.15, -0.1) is 12.4 Å². The van der Waals surface area contributed by atoms with Gasteiger partial charge in [-0.05, 0) is 41.4 Å². The number of likely N-dealkylation sites (tertiary alicyclic amines) is 1. The maximum absolute atomic E-state index is 12.2. The van der Waals surface area contributed by atoms with Crippen molar-refractivity contribution >= 4 is 40.2 Å². The summed E-state index contributed by atoms with van der Waals surface area (Å²) in [6.07, 6.45) is -0.135. The summed E-state index contributed by atoms with van der Waals surface area (Å²) in [5.41, 5.74) is 0. The fourth-order valence-electron chi connectivity index (χ4n) is 2.20. The summed E-state index contributed by atoms with van der Waals surface area (Å²) in [6.45, 7) is 2.41. The van der Waals surface area contributed by atoms with E-state index in [4.69, 9.17) is 9.84 Å². The zero-order chi connectivity index (χ0) is 14.7. The maximum Gasteiger partial charge on any atom is 0.308 e. The third-order valence-electron chi connectivity index (χ3n) is 3.34. The molecule has 7 heteroatoms. The van der Waals surface area contributed by atoms with Gasteiger partial charge in [0.2, 0.25) is 0 Å². The number of rotatable bonds is 4. The van der Waals surface area contributed by atoms with E-state index in [1.165, 1.54) is 0 Å². The molecular weight excluding hydrogens is 362 g/mol. The molecule has 5 nitrogen and oxygen atoms in total. The minimum atomic E-state index is -0.848. The molecule has 1 aliphatic heterocycles. The van der Waals surface area contributed by atoms with E-state index in [1.54, 1.807) is 17.9 Å². The SMILES string of the molecule is CC(Oc1ccccc1Br)C(=O)N1CCC(C(=O)O)C1.Cl. The Morgan fingerprint density at radius 3 is 2.67 bits per heavy atom. The van der Waals surface area contributed by atoms with E-state index in [0.717, 1.165) is 4.47 Å². The van der Waals surface area contributed by atoms with Gasteiger partial charge in [-0.2, -0.15) is 0 Å². The van der Waals surface area contributed by atoms with Gasteiger partial charge in [0.15, 0.2) is 6.10 Å². The number of carbonyl (C=O) groups excluding carboxylic acids is 1. The second kappa shape index (κ2) is 7.66. The molecule has 2 atom stereocenters. The van der Waals surface area contributed by atoms with E-state index in [-0.39, 0.29) is 24.9 Å². The highest BCUT2D eigenvalue weighted by Gasteiger charge is 2.33. The van der Waals surface area contributed by atoms with Gasteiger partial charge >= 0.3 is 5.97 Å². The number of ether oxygens (including phenoxy) is 1. The lowest BCUT2D eigenvalue weighted by atomic mass is 10.1. The van der Waals surface area contributed by atoms with E-state index in [2.05, 4.69) is 15.9 Å². The highest BCUT2D eigenvalue weighted by atomic mass is 79.9. The summed E-state index contributed by atoms with van der Waals surface area (Å²) < 4.78 is 6.41. The summed E-state index contributed by atoms with van der Waals surface area (Å²) in [6, 6.07) is 7.30. The Kier molecular flexibility index (Phi) is 6.48. The lowest BCUT2D eigenvalue weighted by Crippen LogP contribution is -2.39. The van der Waals surface area contributed by atoms with Crippen molar-refractivity contribution in [2.45, 2.75) is 19.4 Å². The molecule has 1 saturated heterocycles. The molecule has 1 amide bonds. The number of benzene rings is 1. The molecule has 0 radical (unpaired) electrons. The second-order valence-electron chi connectivity index (χ2n) is 4.80. The van der Waals surface area contributed by atoms with Crippen LogP contribution < -0.4 is 4.74 Å². The predicted molar refractivity (Wildman–Crippen MR) is 83.8 cm³/mol. The molecule has 1 N–H and O–H groups in total. The van der Waals surface area contributed by atoms with E-state index >= 15 is 0 Å². The largest absolute Gasteiger partial charge is 0.481 e. The molecular formula is C14H17BrClNO4. The number of amides is 1. The molecule has 2 rings (SSSR count). The van der Waals surface area contributed by atoms with Gasteiger partial charge in [-0.25, -0.2) is 0 Å². The normalized spacial score (nSPS) is 18.8. The van der Waals surface area contributed by atoms with Gasteiger partial charge in [0.1, 0.15) is 5.75 Å². The van der Waals surface area contributed by atoms with Crippen molar-refractivity contribution in [2.24, 2.45) is 5.92 Å². The number of carboxylic acids is 1. The summed E-state index contributed by atoms with van der Waals surface area (Å²) in [5, 5.41) is 8.95. The van der Waals surface area contributed by atoms with Gasteiger partial charge < -0.3 is 14.7 Å². The van der Waals surface area contributed by atoms with Crippen molar-refractivity contribution in [1.82, 2.24) is 4.90 Å². The van der Waals surface area contributed by atoms with Gasteiger partial charge in [-0.1, -0.05) is 12.1 Å². The summed E-state index contributed by atoms with van der Waals surface area (Å²) in [5.74, 6) is -0.888. The Labute approximate surface area is 137 Å². The molecule has 2 unspecified atom stereocenters. The van der Waals surface area contributed by atoms with Crippen LogP contribution in [0.2, 0.25) is 0 Å². The lowest BCUT2D eigenvalue weighted by Gasteiger charge is -2.21. The number of halogens is 2. The van der Waals surface area contributed by atoms with Crippen molar-refractivity contribution in [3.63, 3.8) is 0 Å². The van der Waals surface area contributed by atoms with Crippen LogP contribution in [0, 0.1) is 5.92 Å². The zero-order valence-corrected chi connectivity index (χ0v) is 13.9. The standard InChI is InChI=1S/C14H16BrNO4.ClH/c1-9(20-12-5-3-2-4-11(12)15)13(17)16-7-6-10(8-16)14(18)19;/h2-5,9-10H,6-8H2,1H3,(H,18,19);1H. The molecule has 1 aromatic carbocycles. The van der Waals surface area contributed by atoms with Crippen LogP contribution in [0.4, 0.5) is 0 Å². The monoisotopic (exact) mass is 377 g/mol. The van der Waals surface area contributed by atoms with Crippen LogP contribution >= 0.6 is 28.3 Å². The third-order valence-corrected chi connectivity index (χ3v) is 3.99. The lowest BCUT2D eigenvalue weighted by molar-refractivity contribution is -0.142. The highest BCUT2D eigenvalue weighted by molar-refractivity contribution is 9.10. The average Bonchev–Trinajstić information content (AvgIpc) is 2.90. The van der Waals surface area contributed by atoms with Crippen molar-refractivity contribution in [2.75, 3.05) is 13.1 Å². The number of carbonyl (C=O) groups is 2. The Hall–Kier alpha value is -1.27. The Morgan fingerprint density at radius 2 is 2.10 bits per heavy atom. The molecule has 0 bridgehead atoms. The number of hydrogen-bond donors (Lipinski definition) is 1. The van der Waals surface area contributed by atoms with E-state index in [9.17, 15) is 9.59 Å². The first-order chi connectivity index (χ1) is 9.49. The molecule has 0 spiro atoms. The third kappa shape index (κ3) is 4.35. The first-order valence-electron chi connectivity index (χ1n) is 6.42. The topological polar surface area (TPSA) is 66.8 Å². The summed E-state index contributed by atoms with van der Waals surface area (Å²) >= 11 is 3.36. The molecule has 1 aliphatic rings. The van der Waals surface area contributed by atoms with E-state index in [0.29, 0.717) is 18.7 Å². The van der Waals surface area contributed by atoms with E-state index in [1.807, 2.05) is 18.2 Å². The fraction of sp³-hybridized carbons (Fsp3) is 0.429. The Morgan fingerprint density at radius 1 is 1.43 bits per heavy atom. The number of aliphatic carboxylic acids is 1. The first-order valence-corrected chi connectivity index (χ1v) is 7.21. The molecule has 1 heterocycles. The molecule has 116 valence electrons. The molecule has 1 aromatic rings. The first kappa shape index (κ1) is 17.8. The predicted octanol–water partition coefficient (Wildman–Crippen LogP) is 2.57. The smallest absolute Gasteiger partial charge is 0.308 e. The van der Waals surface area contributed by atoms with Gasteiger partial charge in [0, 0.05) is 13.1 Å². The van der Waals surface area contributed by atoms with Crippen molar-refractivity contribution in [1.29, 1.82) is 0 Å². The van der Waals surface area contributed by atoms with Gasteiger partial charge in [0.05, 0.1) is 10.4 Å². The number of para-hydroxylation sites is 1. The minimum Gasteiger partial charge on any atom is -0.481 e. The summed E-state index contributed by atoms with van der Waals surface area (Å²) in [4.78, 5) is 24.7. The van der Waals surface area contributed by atoms with Crippen LogP contribution in [0.5, 0.6) is 5.75 Å². The molecule has 0 saturated carbocycles. The zero-order valence-electron chi connectivity index (χ0n) is 11.5. The van der Waals surface area contributed by atoms with Gasteiger partial charge in [0.25, 0.3) is 5.91 Å². The number of hydrogen-bond acceptors (Lipinski definition) is 3. The Bertz CT molecular complexity index is 525. The van der Waals surface area contributed by atoms with Crippen LogP contribution in [-0.4, -0.2) is 41.1 Å². The molecule has 21 heavy (non-hydrogen) atoms. The molecule has 1 fully saturated rings.